The molecule has 0 N–H and O–H groups in total. The molecule has 0 bridgehead atoms. The summed E-state index contributed by atoms with van der Waals surface area (Å²) in [6.07, 6.45) is 1.85. The van der Waals surface area contributed by atoms with Gasteiger partial charge in [0, 0.05) is 17.1 Å². The molecule has 0 spiro atoms. The van der Waals surface area contributed by atoms with Gasteiger partial charge in [-0.3, -0.25) is 9.36 Å². The van der Waals surface area contributed by atoms with E-state index in [0.717, 1.165) is 22.6 Å². The molecule has 1 aliphatic heterocycles. The molecule has 45 heavy (non-hydrogen) atoms. The lowest BCUT2D eigenvalue weighted by Gasteiger charge is -2.25. The fourth-order valence-corrected chi connectivity index (χ4v) is 6.60. The zero-order valence-corrected chi connectivity index (χ0v) is 27.1. The number of allylic oxidation sites excluding steroid dienone is 1. The Kier molecular flexibility index (Phi) is 9.10. The van der Waals surface area contributed by atoms with Crippen molar-refractivity contribution in [2.45, 2.75) is 40.7 Å². The third-order valence-electron chi connectivity index (χ3n) is 7.63. The lowest BCUT2D eigenvalue weighted by Crippen LogP contribution is -2.40. The molecule has 10 nitrogen and oxygen atoms in total. The first-order valence-corrected chi connectivity index (χ1v) is 15.3. The second kappa shape index (κ2) is 13.0. The van der Waals surface area contributed by atoms with E-state index in [4.69, 9.17) is 18.9 Å². The predicted octanol–water partition coefficient (Wildman–Crippen LogP) is 4.40. The van der Waals surface area contributed by atoms with Crippen LogP contribution < -0.4 is 24.4 Å². The summed E-state index contributed by atoms with van der Waals surface area (Å²) in [5, 5.41) is 0. The van der Waals surface area contributed by atoms with Gasteiger partial charge in [0.15, 0.2) is 16.3 Å². The smallest absolute Gasteiger partial charge is 0.338 e. The molecule has 5 rings (SSSR count). The van der Waals surface area contributed by atoms with Gasteiger partial charge in [-0.1, -0.05) is 17.4 Å². The highest BCUT2D eigenvalue weighted by molar-refractivity contribution is 7.07. The predicted molar refractivity (Wildman–Crippen MR) is 171 cm³/mol. The number of carbonyl (C=O) groups is 2. The number of aromatic nitrogens is 2. The molecule has 234 valence electrons. The number of ether oxygens (including phenoxy) is 4. The van der Waals surface area contributed by atoms with Gasteiger partial charge in [0.2, 0.25) is 0 Å². The Balaban J connectivity index is 1.63. The normalized spacial score (nSPS) is 14.6. The zero-order chi connectivity index (χ0) is 32.4. The molecule has 0 aliphatic carbocycles. The first-order valence-electron chi connectivity index (χ1n) is 14.5. The summed E-state index contributed by atoms with van der Waals surface area (Å²) < 4.78 is 25.5. The van der Waals surface area contributed by atoms with Crippen molar-refractivity contribution in [3.8, 4) is 17.2 Å². The van der Waals surface area contributed by atoms with Crippen LogP contribution in [0, 0.1) is 13.8 Å². The van der Waals surface area contributed by atoms with Gasteiger partial charge in [-0.2, -0.15) is 0 Å². The molecule has 0 fully saturated rings. The molecular formula is C34H35N3O7S. The van der Waals surface area contributed by atoms with Crippen LogP contribution in [0.15, 0.2) is 69.6 Å². The van der Waals surface area contributed by atoms with Gasteiger partial charge in [-0.15, -0.1) is 0 Å². The van der Waals surface area contributed by atoms with E-state index in [1.54, 1.807) is 56.7 Å². The van der Waals surface area contributed by atoms with Crippen LogP contribution in [-0.2, 0) is 14.3 Å². The highest BCUT2D eigenvalue weighted by atomic mass is 32.1. The van der Waals surface area contributed by atoms with Gasteiger partial charge in [-0.25, -0.2) is 14.6 Å². The maximum atomic E-state index is 14.1. The van der Waals surface area contributed by atoms with Crippen LogP contribution in [0.2, 0.25) is 0 Å². The molecule has 0 amide bonds. The summed E-state index contributed by atoms with van der Waals surface area (Å²) in [5.74, 6) is 0.0924. The second-order valence-electron chi connectivity index (χ2n) is 10.3. The molecule has 2 aromatic carbocycles. The molecule has 0 saturated carbocycles. The largest absolute Gasteiger partial charge is 0.493 e. The number of esters is 2. The van der Waals surface area contributed by atoms with Crippen LogP contribution in [0.25, 0.3) is 11.8 Å². The summed E-state index contributed by atoms with van der Waals surface area (Å²) in [7, 11) is 3.08. The number of carbonyl (C=O) groups excluding carboxylic acids is 2. The number of hydrogen-bond donors (Lipinski definition) is 0. The molecule has 0 unspecified atom stereocenters. The highest BCUT2D eigenvalue weighted by Crippen LogP contribution is 2.36. The second-order valence-corrected chi connectivity index (χ2v) is 11.4. The van der Waals surface area contributed by atoms with Crippen molar-refractivity contribution in [3.05, 3.63) is 108 Å². The van der Waals surface area contributed by atoms with E-state index in [1.165, 1.54) is 18.4 Å². The molecule has 1 aliphatic rings. The minimum absolute atomic E-state index is 0.180. The van der Waals surface area contributed by atoms with Gasteiger partial charge >= 0.3 is 11.9 Å². The average Bonchev–Trinajstić information content (AvgIpc) is 3.49. The molecule has 0 radical (unpaired) electrons. The number of rotatable bonds is 9. The van der Waals surface area contributed by atoms with Crippen LogP contribution in [-0.4, -0.2) is 48.5 Å². The quantitative estimate of drug-likeness (QED) is 0.253. The molecule has 4 aromatic rings. The number of fused-ring (bicyclic) bond motifs is 1. The van der Waals surface area contributed by atoms with E-state index in [-0.39, 0.29) is 23.7 Å². The zero-order valence-electron chi connectivity index (χ0n) is 26.3. The number of thiazole rings is 1. The van der Waals surface area contributed by atoms with Crippen LogP contribution in [0.1, 0.15) is 59.7 Å². The van der Waals surface area contributed by atoms with Crippen molar-refractivity contribution in [1.29, 1.82) is 0 Å². The van der Waals surface area contributed by atoms with Gasteiger partial charge in [0.25, 0.3) is 5.56 Å². The number of aryl methyl sites for hydroxylation is 1. The van der Waals surface area contributed by atoms with Crippen LogP contribution in [0.4, 0.5) is 0 Å². The van der Waals surface area contributed by atoms with Crippen molar-refractivity contribution < 1.29 is 28.5 Å². The molecule has 2 aromatic heterocycles. The van der Waals surface area contributed by atoms with E-state index >= 15 is 0 Å². The first kappa shape index (κ1) is 31.5. The van der Waals surface area contributed by atoms with E-state index in [9.17, 15) is 14.4 Å². The third-order valence-corrected chi connectivity index (χ3v) is 8.62. The Morgan fingerprint density at radius 2 is 1.58 bits per heavy atom. The lowest BCUT2D eigenvalue weighted by molar-refractivity contribution is -0.139. The summed E-state index contributed by atoms with van der Waals surface area (Å²) in [6, 6.07) is 13.8. The van der Waals surface area contributed by atoms with Crippen molar-refractivity contribution in [3.63, 3.8) is 0 Å². The molecule has 1 atom stereocenters. The van der Waals surface area contributed by atoms with E-state index in [2.05, 4.69) is 9.56 Å². The fraction of sp³-hybridized carbons (Fsp3) is 0.294. The van der Waals surface area contributed by atoms with Crippen LogP contribution in [0.5, 0.6) is 11.5 Å². The molecular weight excluding hydrogens is 594 g/mol. The maximum Gasteiger partial charge on any atom is 0.338 e. The summed E-state index contributed by atoms with van der Waals surface area (Å²) in [5.41, 5.74) is 5.22. The first-order chi connectivity index (χ1) is 21.6. The molecule has 11 heteroatoms. The highest BCUT2D eigenvalue weighted by Gasteiger charge is 2.34. The van der Waals surface area contributed by atoms with Gasteiger partial charge in [0.1, 0.15) is 0 Å². The minimum atomic E-state index is -0.785. The standard InChI is InChI=1S/C34H35N3O7S/c1-8-43-32(39)22-10-13-25(14-11-22)36-19(3)16-24(21(36)5)18-28-31(38)37-30(23-12-15-26(41-6)27(17-23)42-7)29(33(40)44-9-2)20(4)35-34(37)45-28/h10-18,30H,8-9H2,1-7H3/b28-18+/t30-/m1/s1. The average molecular weight is 630 g/mol. The fourth-order valence-electron chi connectivity index (χ4n) is 5.56. The number of nitrogens with zero attached hydrogens (tertiary/aromatic N) is 3. The van der Waals surface area contributed by atoms with Crippen molar-refractivity contribution in [2.24, 2.45) is 4.99 Å². The van der Waals surface area contributed by atoms with Crippen LogP contribution in [0.3, 0.4) is 0 Å². The lowest BCUT2D eigenvalue weighted by atomic mass is 9.95. The topological polar surface area (TPSA) is 110 Å². The summed E-state index contributed by atoms with van der Waals surface area (Å²) in [4.78, 5) is 44.7. The van der Waals surface area contributed by atoms with E-state index < -0.39 is 12.0 Å². The number of benzene rings is 2. The summed E-state index contributed by atoms with van der Waals surface area (Å²) >= 11 is 1.26. The van der Waals surface area contributed by atoms with Gasteiger partial charge in [-0.05, 0) is 94.3 Å². The van der Waals surface area contributed by atoms with E-state index in [1.807, 2.05) is 44.2 Å². The van der Waals surface area contributed by atoms with Gasteiger partial charge in [0.05, 0.1) is 54.8 Å². The van der Waals surface area contributed by atoms with Crippen LogP contribution >= 0.6 is 11.3 Å². The monoisotopic (exact) mass is 629 g/mol. The van der Waals surface area contributed by atoms with E-state index in [0.29, 0.717) is 44.3 Å². The Labute approximate surface area is 264 Å². The minimum Gasteiger partial charge on any atom is -0.493 e. The number of methoxy groups -OCH3 is 2. The molecule has 3 heterocycles. The molecule has 0 saturated heterocycles. The Morgan fingerprint density at radius 1 is 0.911 bits per heavy atom. The maximum absolute atomic E-state index is 14.1. The van der Waals surface area contributed by atoms with Crippen molar-refractivity contribution in [2.75, 3.05) is 27.4 Å². The van der Waals surface area contributed by atoms with Crippen molar-refractivity contribution in [1.82, 2.24) is 9.13 Å². The Morgan fingerprint density at radius 3 is 2.22 bits per heavy atom. The van der Waals surface area contributed by atoms with Crippen molar-refractivity contribution >= 4 is 29.4 Å². The number of hydrogen-bond acceptors (Lipinski definition) is 9. The Hall–Kier alpha value is -4.90. The van der Waals surface area contributed by atoms with Gasteiger partial charge < -0.3 is 23.5 Å². The summed E-state index contributed by atoms with van der Waals surface area (Å²) in [6.45, 7) is 9.71. The Bertz CT molecular complexity index is 2000. The third kappa shape index (κ3) is 5.83. The SMILES string of the molecule is CCOC(=O)C1=C(C)N=c2s/c(=C/c3cc(C)n(-c4ccc(C(=O)OCC)cc4)c3C)c(=O)n2[C@@H]1c1ccc(OC)c(OC)c1.